The molecule has 0 unspecified atom stereocenters. The van der Waals surface area contributed by atoms with Crippen molar-refractivity contribution in [2.24, 2.45) is 0 Å². The smallest absolute Gasteiger partial charge is 0.338 e. The highest BCUT2D eigenvalue weighted by molar-refractivity contribution is 5.93. The molecule has 6 nitrogen and oxygen atoms in total. The molecule has 124 valence electrons. The lowest BCUT2D eigenvalue weighted by molar-refractivity contribution is 0.0600. The molecule has 0 atom stereocenters. The summed E-state index contributed by atoms with van der Waals surface area (Å²) in [5, 5.41) is 8.30. The molecule has 0 saturated heterocycles. The van der Waals surface area contributed by atoms with Crippen molar-refractivity contribution in [3.63, 3.8) is 0 Å². The minimum atomic E-state index is -0.342. The number of H-pyrrole nitrogens is 1. The number of aromatic amines is 1. The molecule has 0 spiro atoms. The van der Waals surface area contributed by atoms with E-state index in [1.165, 1.54) is 7.11 Å². The second-order valence-corrected chi connectivity index (χ2v) is 5.75. The molecule has 0 aliphatic rings. The lowest BCUT2D eigenvalue weighted by Gasteiger charge is -2.15. The molecule has 2 rings (SSSR count). The second kappa shape index (κ2) is 7.37. The van der Waals surface area contributed by atoms with E-state index >= 15 is 0 Å². The number of carbonyl (C=O) groups excluding carboxylic acids is 1. The van der Waals surface area contributed by atoms with E-state index in [1.54, 1.807) is 13.2 Å². The Balaban J connectivity index is 2.47. The van der Waals surface area contributed by atoms with Gasteiger partial charge in [0.05, 0.1) is 19.3 Å². The first kappa shape index (κ1) is 17.1. The Bertz CT molecular complexity index is 692. The molecular formula is C17H23N3O3. The monoisotopic (exact) mass is 317 g/mol. The van der Waals surface area contributed by atoms with Crippen LogP contribution in [0.15, 0.2) is 12.1 Å². The van der Waals surface area contributed by atoms with Gasteiger partial charge in [0.15, 0.2) is 5.82 Å². The summed E-state index contributed by atoms with van der Waals surface area (Å²) < 4.78 is 9.94. The fourth-order valence-corrected chi connectivity index (χ4v) is 2.53. The zero-order chi connectivity index (χ0) is 17.0. The van der Waals surface area contributed by atoms with E-state index in [-0.39, 0.29) is 11.9 Å². The Morgan fingerprint density at radius 2 is 2.00 bits per heavy atom. The fourth-order valence-electron chi connectivity index (χ4n) is 2.53. The maximum Gasteiger partial charge on any atom is 0.338 e. The number of nitrogens with zero attached hydrogens (tertiary/aromatic N) is 2. The van der Waals surface area contributed by atoms with Crippen LogP contribution < -0.4 is 0 Å². The van der Waals surface area contributed by atoms with Crippen molar-refractivity contribution in [1.82, 2.24) is 15.2 Å². The summed E-state index contributed by atoms with van der Waals surface area (Å²) in [6.07, 6.45) is 0.663. The average molecular weight is 317 g/mol. The molecule has 0 aliphatic carbocycles. The van der Waals surface area contributed by atoms with Gasteiger partial charge in [-0.15, -0.1) is 10.2 Å². The normalized spacial score (nSPS) is 11.0. The molecule has 1 aromatic carbocycles. The fraction of sp³-hybridized carbons (Fsp3) is 0.471. The molecule has 0 amide bonds. The Labute approximate surface area is 136 Å². The number of methoxy groups -OCH3 is 2. The molecule has 1 N–H and O–H groups in total. The minimum absolute atomic E-state index is 0.286. The maximum absolute atomic E-state index is 12.1. The molecule has 0 fully saturated rings. The van der Waals surface area contributed by atoms with E-state index < -0.39 is 0 Å². The van der Waals surface area contributed by atoms with E-state index in [2.05, 4.69) is 29.0 Å². The molecule has 6 heteroatoms. The van der Waals surface area contributed by atoms with Gasteiger partial charge in [-0.3, -0.25) is 0 Å². The SMILES string of the molecule is COCCc1nnc(-c2cc(C(=O)OC)c(C)c(C(C)C)c2)[nH]1. The predicted octanol–water partition coefficient (Wildman–Crippen LogP) is 2.88. The first-order valence-electron chi connectivity index (χ1n) is 7.61. The molecule has 1 heterocycles. The van der Waals surface area contributed by atoms with Gasteiger partial charge in [-0.05, 0) is 36.1 Å². The number of rotatable bonds is 6. The third-order valence-corrected chi connectivity index (χ3v) is 3.83. The first-order valence-corrected chi connectivity index (χ1v) is 7.61. The maximum atomic E-state index is 12.1. The van der Waals surface area contributed by atoms with Crippen LogP contribution in [0.5, 0.6) is 0 Å². The molecule has 2 aromatic rings. The van der Waals surface area contributed by atoms with Gasteiger partial charge in [-0.25, -0.2) is 4.79 Å². The van der Waals surface area contributed by atoms with E-state index in [1.807, 2.05) is 13.0 Å². The number of benzene rings is 1. The van der Waals surface area contributed by atoms with Crippen LogP contribution >= 0.6 is 0 Å². The second-order valence-electron chi connectivity index (χ2n) is 5.75. The zero-order valence-electron chi connectivity index (χ0n) is 14.3. The number of nitrogens with one attached hydrogen (secondary N) is 1. The highest BCUT2D eigenvalue weighted by atomic mass is 16.5. The van der Waals surface area contributed by atoms with Crippen LogP contribution in [0.4, 0.5) is 0 Å². The number of hydrogen-bond donors (Lipinski definition) is 1. The van der Waals surface area contributed by atoms with Crippen LogP contribution in [0.1, 0.15) is 47.1 Å². The summed E-state index contributed by atoms with van der Waals surface area (Å²) in [6.45, 7) is 6.71. The largest absolute Gasteiger partial charge is 0.465 e. The third-order valence-electron chi connectivity index (χ3n) is 3.83. The summed E-state index contributed by atoms with van der Waals surface area (Å²) in [5.74, 6) is 1.34. The third kappa shape index (κ3) is 3.76. The van der Waals surface area contributed by atoms with E-state index in [9.17, 15) is 4.79 Å². The van der Waals surface area contributed by atoms with Gasteiger partial charge in [0.25, 0.3) is 0 Å². The molecule has 0 saturated carbocycles. The van der Waals surface area contributed by atoms with Gasteiger partial charge in [-0.1, -0.05) is 13.8 Å². The van der Waals surface area contributed by atoms with Crippen molar-refractivity contribution in [3.8, 4) is 11.4 Å². The van der Waals surface area contributed by atoms with Crippen molar-refractivity contribution in [1.29, 1.82) is 0 Å². The lowest BCUT2D eigenvalue weighted by atomic mass is 9.91. The first-order chi connectivity index (χ1) is 11.0. The number of carbonyl (C=O) groups is 1. The predicted molar refractivity (Wildman–Crippen MR) is 87.6 cm³/mol. The van der Waals surface area contributed by atoms with E-state index in [4.69, 9.17) is 9.47 Å². The van der Waals surface area contributed by atoms with Crippen LogP contribution in [-0.4, -0.2) is 42.0 Å². The van der Waals surface area contributed by atoms with E-state index in [0.717, 1.165) is 22.5 Å². The van der Waals surface area contributed by atoms with Crippen LogP contribution in [0.3, 0.4) is 0 Å². The Morgan fingerprint density at radius 1 is 1.26 bits per heavy atom. The van der Waals surface area contributed by atoms with Crippen molar-refractivity contribution in [3.05, 3.63) is 34.6 Å². The topological polar surface area (TPSA) is 77.1 Å². The number of ether oxygens (including phenoxy) is 2. The standard InChI is InChI=1S/C17H23N3O3/c1-10(2)13-8-12(9-14(11(13)3)17(21)23-5)16-18-15(19-20-16)6-7-22-4/h8-10H,6-7H2,1-5H3,(H,18,19,20). The Hall–Kier alpha value is -2.21. The van der Waals surface area contributed by atoms with Crippen molar-refractivity contribution in [2.45, 2.75) is 33.1 Å². The summed E-state index contributed by atoms with van der Waals surface area (Å²) in [6, 6.07) is 3.85. The number of hydrogen-bond acceptors (Lipinski definition) is 5. The summed E-state index contributed by atoms with van der Waals surface area (Å²) in [5.41, 5.74) is 3.42. The van der Waals surface area contributed by atoms with Crippen LogP contribution in [0.25, 0.3) is 11.4 Å². The van der Waals surface area contributed by atoms with Crippen LogP contribution in [0, 0.1) is 6.92 Å². The number of aromatic nitrogens is 3. The Morgan fingerprint density at radius 3 is 2.61 bits per heavy atom. The van der Waals surface area contributed by atoms with Crippen LogP contribution in [-0.2, 0) is 15.9 Å². The summed E-state index contributed by atoms with van der Waals surface area (Å²) in [4.78, 5) is 15.2. The average Bonchev–Trinajstić information content (AvgIpc) is 3.01. The van der Waals surface area contributed by atoms with Crippen molar-refractivity contribution in [2.75, 3.05) is 20.8 Å². The van der Waals surface area contributed by atoms with Crippen molar-refractivity contribution >= 4 is 5.97 Å². The molecule has 23 heavy (non-hydrogen) atoms. The van der Waals surface area contributed by atoms with Gasteiger partial charge in [0, 0.05) is 19.1 Å². The Kier molecular flexibility index (Phi) is 5.50. The molecule has 0 aliphatic heterocycles. The van der Waals surface area contributed by atoms with Gasteiger partial charge in [0.1, 0.15) is 5.82 Å². The molecular weight excluding hydrogens is 294 g/mol. The summed E-state index contributed by atoms with van der Waals surface area (Å²) >= 11 is 0. The highest BCUT2D eigenvalue weighted by Gasteiger charge is 2.18. The molecule has 0 radical (unpaired) electrons. The van der Waals surface area contributed by atoms with Gasteiger partial charge in [0.2, 0.25) is 0 Å². The van der Waals surface area contributed by atoms with Gasteiger partial charge < -0.3 is 14.5 Å². The van der Waals surface area contributed by atoms with Crippen LogP contribution in [0.2, 0.25) is 0 Å². The van der Waals surface area contributed by atoms with Gasteiger partial charge in [-0.2, -0.15) is 0 Å². The minimum Gasteiger partial charge on any atom is -0.465 e. The lowest BCUT2D eigenvalue weighted by Crippen LogP contribution is -2.07. The molecule has 1 aromatic heterocycles. The molecule has 0 bridgehead atoms. The highest BCUT2D eigenvalue weighted by Crippen LogP contribution is 2.28. The van der Waals surface area contributed by atoms with Gasteiger partial charge >= 0.3 is 5.97 Å². The zero-order valence-corrected chi connectivity index (χ0v) is 14.3. The van der Waals surface area contributed by atoms with E-state index in [0.29, 0.717) is 24.4 Å². The number of esters is 1. The van der Waals surface area contributed by atoms with Crippen molar-refractivity contribution < 1.29 is 14.3 Å². The summed E-state index contributed by atoms with van der Waals surface area (Å²) in [7, 11) is 3.04. The quantitative estimate of drug-likeness (QED) is 0.829.